The van der Waals surface area contributed by atoms with E-state index in [1.54, 1.807) is 0 Å². The van der Waals surface area contributed by atoms with Gasteiger partial charge in [-0.05, 0) is 68.2 Å². The van der Waals surface area contributed by atoms with Crippen molar-refractivity contribution >= 4 is 0 Å². The summed E-state index contributed by atoms with van der Waals surface area (Å²) >= 11 is 0. The summed E-state index contributed by atoms with van der Waals surface area (Å²) in [6, 6.07) is 6.78. The molecule has 38 heavy (non-hydrogen) atoms. The molecule has 3 aromatic carbocycles. The Labute approximate surface area is 214 Å². The first-order chi connectivity index (χ1) is 17.9. The lowest BCUT2D eigenvalue weighted by atomic mass is 9.77. The van der Waals surface area contributed by atoms with Crippen molar-refractivity contribution in [2.24, 2.45) is 5.92 Å². The molecule has 0 aliphatic heterocycles. The molecule has 0 bridgehead atoms. The monoisotopic (exact) mass is 544 g/mol. The molecule has 0 amide bonds. The fraction of sp³-hybridized carbons (Fsp3) is 0.357. The molecular formula is C28H24F8O2. The number of halogens is 8. The largest absolute Gasteiger partial charge is 0.573 e. The van der Waals surface area contributed by atoms with Gasteiger partial charge in [-0.2, -0.15) is 0 Å². The summed E-state index contributed by atoms with van der Waals surface area (Å²) in [4.78, 5) is 0. The molecule has 0 aromatic heterocycles. The lowest BCUT2D eigenvalue weighted by molar-refractivity contribution is -0.276. The lowest BCUT2D eigenvalue weighted by Crippen LogP contribution is -2.19. The highest BCUT2D eigenvalue weighted by molar-refractivity contribution is 5.72. The molecule has 0 spiro atoms. The van der Waals surface area contributed by atoms with Crippen LogP contribution in [0.25, 0.3) is 11.1 Å². The fourth-order valence-corrected chi connectivity index (χ4v) is 4.92. The molecule has 2 nitrogen and oxygen atoms in total. The van der Waals surface area contributed by atoms with E-state index in [4.69, 9.17) is 4.74 Å². The normalized spacial score (nSPS) is 17.9. The van der Waals surface area contributed by atoms with E-state index in [9.17, 15) is 26.3 Å². The summed E-state index contributed by atoms with van der Waals surface area (Å²) in [5.74, 6) is -9.33. The van der Waals surface area contributed by atoms with Gasteiger partial charge < -0.3 is 9.47 Å². The Balaban J connectivity index is 1.78. The standard InChI is InChI=1S/C28H24F8O2/c1-3-15-8-10-16(11-9-15)22-25(33)23(31)14(2)24(32)27(22)37-21-7-5-4-6-18(21)17-12-19(29)26(20(30)13-17)38-28(34,35)36/h4-7,12-13,15-16H,3,8-11H2,1-2H3. The zero-order valence-corrected chi connectivity index (χ0v) is 20.5. The van der Waals surface area contributed by atoms with Gasteiger partial charge in [0.05, 0.1) is 0 Å². The summed E-state index contributed by atoms with van der Waals surface area (Å²) in [6.45, 7) is 3.10. The Hall–Kier alpha value is -3.30. The van der Waals surface area contributed by atoms with Crippen LogP contribution < -0.4 is 9.47 Å². The fourth-order valence-electron chi connectivity index (χ4n) is 4.92. The first-order valence-corrected chi connectivity index (χ1v) is 12.1. The SMILES string of the molecule is CCC1CCC(c2c(F)c(F)c(C)c(F)c2Oc2ccccc2-c2cc(F)c(OC(F)(F)F)c(F)c2)CC1. The van der Waals surface area contributed by atoms with Crippen molar-refractivity contribution in [2.45, 2.75) is 58.2 Å². The van der Waals surface area contributed by atoms with Crippen molar-refractivity contribution in [3.8, 4) is 28.4 Å². The van der Waals surface area contributed by atoms with Crippen LogP contribution in [0.3, 0.4) is 0 Å². The van der Waals surface area contributed by atoms with Crippen LogP contribution in [0.5, 0.6) is 17.2 Å². The quantitative estimate of drug-likeness (QED) is 0.227. The summed E-state index contributed by atoms with van der Waals surface area (Å²) in [5, 5.41) is 0. The van der Waals surface area contributed by atoms with Crippen LogP contribution in [-0.4, -0.2) is 6.36 Å². The smallest absolute Gasteiger partial charge is 0.453 e. The van der Waals surface area contributed by atoms with Gasteiger partial charge in [0.25, 0.3) is 0 Å². The second-order valence-electron chi connectivity index (χ2n) is 9.35. The average Bonchev–Trinajstić information content (AvgIpc) is 2.88. The third-order valence-electron chi connectivity index (χ3n) is 6.99. The lowest BCUT2D eigenvalue weighted by Gasteiger charge is -2.30. The molecule has 1 aliphatic rings. The summed E-state index contributed by atoms with van der Waals surface area (Å²) in [7, 11) is 0. The summed E-state index contributed by atoms with van der Waals surface area (Å²) < 4.78 is 121. The highest BCUT2D eigenvalue weighted by Crippen LogP contribution is 2.46. The Bertz CT molecular complexity index is 1300. The van der Waals surface area contributed by atoms with E-state index in [-0.39, 0.29) is 22.4 Å². The van der Waals surface area contributed by atoms with Gasteiger partial charge >= 0.3 is 6.36 Å². The first kappa shape index (κ1) is 27.7. The highest BCUT2D eigenvalue weighted by atomic mass is 19.4. The van der Waals surface area contributed by atoms with Crippen LogP contribution in [0.2, 0.25) is 0 Å². The molecule has 1 aliphatic carbocycles. The third-order valence-corrected chi connectivity index (χ3v) is 6.99. The van der Waals surface area contributed by atoms with Crippen LogP contribution in [0.4, 0.5) is 35.1 Å². The van der Waals surface area contributed by atoms with E-state index >= 15 is 8.78 Å². The van der Waals surface area contributed by atoms with Gasteiger partial charge in [-0.25, -0.2) is 22.0 Å². The van der Waals surface area contributed by atoms with Gasteiger partial charge in [-0.15, -0.1) is 13.2 Å². The zero-order chi connectivity index (χ0) is 27.8. The van der Waals surface area contributed by atoms with Crippen LogP contribution >= 0.6 is 0 Å². The van der Waals surface area contributed by atoms with E-state index in [2.05, 4.69) is 4.74 Å². The molecule has 4 rings (SSSR count). The summed E-state index contributed by atoms with van der Waals surface area (Å²) in [5.41, 5.74) is -1.10. The maximum atomic E-state index is 15.4. The van der Waals surface area contributed by atoms with Crippen molar-refractivity contribution in [1.29, 1.82) is 0 Å². The van der Waals surface area contributed by atoms with E-state index in [0.29, 0.717) is 30.9 Å². The second kappa shape index (κ2) is 10.8. The maximum Gasteiger partial charge on any atom is 0.573 e. The van der Waals surface area contributed by atoms with Gasteiger partial charge in [0, 0.05) is 16.7 Å². The predicted octanol–water partition coefficient (Wildman–Crippen LogP) is 9.73. The summed E-state index contributed by atoms with van der Waals surface area (Å²) in [6.07, 6.45) is -1.91. The van der Waals surface area contributed by atoms with Crippen LogP contribution in [-0.2, 0) is 0 Å². The Kier molecular flexibility index (Phi) is 7.90. The first-order valence-electron chi connectivity index (χ1n) is 12.1. The molecule has 0 heterocycles. The average molecular weight is 544 g/mol. The number of rotatable bonds is 6. The zero-order valence-electron chi connectivity index (χ0n) is 20.5. The van der Waals surface area contributed by atoms with E-state index in [1.807, 2.05) is 6.92 Å². The molecule has 3 aromatic rings. The van der Waals surface area contributed by atoms with Gasteiger partial charge in [0.1, 0.15) is 5.75 Å². The number of benzene rings is 3. The number of para-hydroxylation sites is 1. The van der Waals surface area contributed by atoms with Gasteiger partial charge in [-0.3, -0.25) is 0 Å². The number of ether oxygens (including phenoxy) is 2. The molecule has 204 valence electrons. The Morgan fingerprint density at radius 2 is 1.42 bits per heavy atom. The molecule has 0 atom stereocenters. The molecule has 0 saturated heterocycles. The van der Waals surface area contributed by atoms with Crippen LogP contribution in [0.15, 0.2) is 36.4 Å². The third kappa shape index (κ3) is 5.59. The minimum Gasteiger partial charge on any atom is -0.453 e. The number of hydrogen-bond acceptors (Lipinski definition) is 2. The minimum atomic E-state index is -5.32. The van der Waals surface area contributed by atoms with Crippen molar-refractivity contribution < 1.29 is 44.6 Å². The van der Waals surface area contributed by atoms with Crippen molar-refractivity contribution in [2.75, 3.05) is 0 Å². The van der Waals surface area contributed by atoms with Crippen molar-refractivity contribution in [3.05, 3.63) is 76.6 Å². The molecule has 1 saturated carbocycles. The minimum absolute atomic E-state index is 0.0220. The highest BCUT2D eigenvalue weighted by Gasteiger charge is 2.35. The molecular weight excluding hydrogens is 520 g/mol. The van der Waals surface area contributed by atoms with Crippen molar-refractivity contribution in [1.82, 2.24) is 0 Å². The predicted molar refractivity (Wildman–Crippen MR) is 125 cm³/mol. The van der Waals surface area contributed by atoms with E-state index < -0.39 is 58.4 Å². The van der Waals surface area contributed by atoms with Crippen LogP contribution in [0, 0.1) is 41.9 Å². The molecule has 0 unspecified atom stereocenters. The molecule has 1 fully saturated rings. The molecule has 0 radical (unpaired) electrons. The van der Waals surface area contributed by atoms with E-state index in [1.165, 1.54) is 24.3 Å². The number of hydrogen-bond donors (Lipinski definition) is 0. The second-order valence-corrected chi connectivity index (χ2v) is 9.35. The van der Waals surface area contributed by atoms with Gasteiger partial charge in [-0.1, -0.05) is 31.5 Å². The van der Waals surface area contributed by atoms with Gasteiger partial charge in [0.2, 0.25) is 5.75 Å². The Morgan fingerprint density at radius 1 is 0.816 bits per heavy atom. The van der Waals surface area contributed by atoms with E-state index in [0.717, 1.165) is 26.2 Å². The molecule has 0 N–H and O–H groups in total. The molecule has 10 heteroatoms. The van der Waals surface area contributed by atoms with Crippen LogP contribution in [0.1, 0.15) is 56.1 Å². The van der Waals surface area contributed by atoms with Gasteiger partial charge in [0.15, 0.2) is 34.8 Å². The maximum absolute atomic E-state index is 15.4. The van der Waals surface area contributed by atoms with Crippen molar-refractivity contribution in [3.63, 3.8) is 0 Å². The Morgan fingerprint density at radius 3 is 2.00 bits per heavy atom. The topological polar surface area (TPSA) is 18.5 Å². The number of alkyl halides is 3.